The number of carbonyl (C=O) groups excluding carboxylic acids is 2. The molecule has 2 aliphatic rings. The molecule has 2 N–H and O–H groups in total. The van der Waals surface area contributed by atoms with Crippen molar-refractivity contribution in [3.05, 3.63) is 58.3 Å². The number of fused-ring (bicyclic) bond motifs is 3. The average molecular weight is 471 g/mol. The van der Waals surface area contributed by atoms with Crippen molar-refractivity contribution in [2.45, 2.75) is 32.0 Å². The molecule has 0 aliphatic carbocycles. The van der Waals surface area contributed by atoms with E-state index in [1.165, 1.54) is 24.0 Å². The van der Waals surface area contributed by atoms with E-state index in [0.29, 0.717) is 23.4 Å². The summed E-state index contributed by atoms with van der Waals surface area (Å²) >= 11 is 0. The molecular weight excluding hydrogens is 439 g/mol. The lowest BCUT2D eigenvalue weighted by Crippen LogP contribution is -2.50. The first-order valence-corrected chi connectivity index (χ1v) is 11.6. The number of rotatable bonds is 7. The van der Waals surface area contributed by atoms with Crippen LogP contribution in [-0.2, 0) is 16.1 Å². The second kappa shape index (κ2) is 9.68. The molecule has 4 atom stereocenters. The number of hydrogen-bond donors (Lipinski definition) is 2. The SMILES string of the molecule is CC(=O)N1[C@@H]2c3ccc(-c4cccc(F)c4)c(=O)n3C[C@@H]2[C@@H](CO)[C@@H]1C(=O)NCCCN(C)C. The lowest BCUT2D eigenvalue weighted by Gasteiger charge is -2.30. The van der Waals surface area contributed by atoms with Gasteiger partial charge in [0.1, 0.15) is 11.9 Å². The van der Waals surface area contributed by atoms with Gasteiger partial charge in [0.05, 0.1) is 6.04 Å². The van der Waals surface area contributed by atoms with Crippen molar-refractivity contribution in [3.63, 3.8) is 0 Å². The van der Waals surface area contributed by atoms with Gasteiger partial charge in [-0.15, -0.1) is 0 Å². The summed E-state index contributed by atoms with van der Waals surface area (Å²) in [5.41, 5.74) is 1.21. The van der Waals surface area contributed by atoms with Crippen LogP contribution >= 0.6 is 0 Å². The van der Waals surface area contributed by atoms with E-state index in [9.17, 15) is 23.9 Å². The van der Waals surface area contributed by atoms with E-state index in [-0.39, 0.29) is 36.4 Å². The molecule has 2 aliphatic heterocycles. The summed E-state index contributed by atoms with van der Waals surface area (Å²) < 4.78 is 15.3. The minimum absolute atomic E-state index is 0.276. The lowest BCUT2D eigenvalue weighted by atomic mass is 9.88. The summed E-state index contributed by atoms with van der Waals surface area (Å²) in [5, 5.41) is 13.1. The second-order valence-corrected chi connectivity index (χ2v) is 9.37. The molecule has 182 valence electrons. The highest BCUT2D eigenvalue weighted by molar-refractivity contribution is 5.88. The lowest BCUT2D eigenvalue weighted by molar-refractivity contribution is -0.140. The van der Waals surface area contributed by atoms with Crippen molar-refractivity contribution in [2.24, 2.45) is 11.8 Å². The van der Waals surface area contributed by atoms with E-state index >= 15 is 0 Å². The van der Waals surface area contributed by atoms with Gasteiger partial charge in [0, 0.05) is 49.7 Å². The Hall–Kier alpha value is -3.04. The predicted octanol–water partition coefficient (Wildman–Crippen LogP) is 1.23. The third-order valence-electron chi connectivity index (χ3n) is 6.92. The van der Waals surface area contributed by atoms with Crippen LogP contribution in [-0.4, -0.2) is 71.1 Å². The van der Waals surface area contributed by atoms with Gasteiger partial charge in [-0.1, -0.05) is 12.1 Å². The molecule has 0 unspecified atom stereocenters. The molecule has 1 saturated heterocycles. The fraction of sp³-hybridized carbons (Fsp3) is 0.480. The van der Waals surface area contributed by atoms with Crippen LogP contribution in [0.2, 0.25) is 0 Å². The maximum Gasteiger partial charge on any atom is 0.258 e. The van der Waals surface area contributed by atoms with E-state index < -0.39 is 23.8 Å². The van der Waals surface area contributed by atoms with Crippen LogP contribution in [0.3, 0.4) is 0 Å². The van der Waals surface area contributed by atoms with Crippen molar-refractivity contribution in [1.82, 2.24) is 19.7 Å². The standard InChI is InChI=1S/C25H31FN4O4/c1-15(32)30-22-19(20(14-31)23(30)24(33)27-10-5-11-28(2)3)13-29-21(22)9-8-18(25(29)34)16-6-4-7-17(26)12-16/h4,6-9,12,19-20,22-23,31H,5,10-11,13-14H2,1-3H3,(H,27,33)/t19-,20-,22+,23-/m1/s1. The van der Waals surface area contributed by atoms with Gasteiger partial charge in [-0.3, -0.25) is 14.4 Å². The number of carbonyl (C=O) groups is 2. The maximum absolute atomic E-state index is 13.7. The summed E-state index contributed by atoms with van der Waals surface area (Å²) in [6.45, 7) is 2.70. The number of nitrogens with zero attached hydrogens (tertiary/aromatic N) is 3. The number of pyridine rings is 1. The molecule has 1 aromatic heterocycles. The van der Waals surface area contributed by atoms with Gasteiger partial charge in [0.2, 0.25) is 11.8 Å². The van der Waals surface area contributed by atoms with E-state index in [1.807, 2.05) is 19.0 Å². The Morgan fingerprint density at radius 2 is 2.00 bits per heavy atom. The molecule has 8 nitrogen and oxygen atoms in total. The van der Waals surface area contributed by atoms with E-state index in [1.54, 1.807) is 28.8 Å². The minimum atomic E-state index is -0.802. The topological polar surface area (TPSA) is 94.9 Å². The number of likely N-dealkylation sites (tertiary alicyclic amines) is 1. The van der Waals surface area contributed by atoms with Crippen LogP contribution in [0, 0.1) is 17.7 Å². The first kappa shape index (κ1) is 24.1. The highest BCUT2D eigenvalue weighted by atomic mass is 19.1. The van der Waals surface area contributed by atoms with Crippen LogP contribution in [0.15, 0.2) is 41.2 Å². The third kappa shape index (κ3) is 4.25. The number of halogens is 1. The van der Waals surface area contributed by atoms with Gasteiger partial charge < -0.3 is 24.8 Å². The molecule has 1 fully saturated rings. The van der Waals surface area contributed by atoms with Crippen molar-refractivity contribution >= 4 is 11.8 Å². The number of aliphatic hydroxyl groups excluding tert-OH is 1. The predicted molar refractivity (Wildman–Crippen MR) is 125 cm³/mol. The quantitative estimate of drug-likeness (QED) is 0.594. The fourth-order valence-corrected chi connectivity index (χ4v) is 5.44. The Balaban J connectivity index is 1.66. The number of nitrogens with one attached hydrogen (secondary N) is 1. The normalized spacial score (nSPS) is 23.2. The second-order valence-electron chi connectivity index (χ2n) is 9.37. The third-order valence-corrected chi connectivity index (χ3v) is 6.92. The summed E-state index contributed by atoms with van der Waals surface area (Å²) in [5.74, 6) is -1.77. The van der Waals surface area contributed by atoms with Gasteiger partial charge in [-0.05, 0) is 56.9 Å². The zero-order chi connectivity index (χ0) is 24.6. The van der Waals surface area contributed by atoms with Crippen LogP contribution in [0.5, 0.6) is 0 Å². The van der Waals surface area contributed by atoms with Crippen molar-refractivity contribution in [1.29, 1.82) is 0 Å². The summed E-state index contributed by atoms with van der Waals surface area (Å²) in [7, 11) is 3.91. The Morgan fingerprint density at radius 1 is 1.24 bits per heavy atom. The molecule has 34 heavy (non-hydrogen) atoms. The van der Waals surface area contributed by atoms with Crippen molar-refractivity contribution < 1.29 is 19.1 Å². The molecule has 0 bridgehead atoms. The molecule has 9 heteroatoms. The first-order chi connectivity index (χ1) is 16.2. The Morgan fingerprint density at radius 3 is 2.65 bits per heavy atom. The molecule has 0 radical (unpaired) electrons. The smallest absolute Gasteiger partial charge is 0.258 e. The highest BCUT2D eigenvalue weighted by Gasteiger charge is 2.56. The number of amides is 2. The van der Waals surface area contributed by atoms with E-state index in [4.69, 9.17) is 0 Å². The summed E-state index contributed by atoms with van der Waals surface area (Å²) in [6.07, 6.45) is 0.767. The number of aromatic nitrogens is 1. The molecule has 2 amide bonds. The van der Waals surface area contributed by atoms with Crippen LogP contribution < -0.4 is 10.9 Å². The zero-order valence-electron chi connectivity index (χ0n) is 19.7. The monoisotopic (exact) mass is 470 g/mol. The first-order valence-electron chi connectivity index (χ1n) is 11.6. The summed E-state index contributed by atoms with van der Waals surface area (Å²) in [4.78, 5) is 42.7. The zero-order valence-corrected chi connectivity index (χ0v) is 19.7. The molecule has 0 saturated carbocycles. The van der Waals surface area contributed by atoms with Gasteiger partial charge in [-0.25, -0.2) is 4.39 Å². The summed E-state index contributed by atoms with van der Waals surface area (Å²) in [6, 6.07) is 8.00. The van der Waals surface area contributed by atoms with Crippen LogP contribution in [0.1, 0.15) is 25.1 Å². The van der Waals surface area contributed by atoms with Gasteiger partial charge >= 0.3 is 0 Å². The Kier molecular flexibility index (Phi) is 6.86. The van der Waals surface area contributed by atoms with Crippen LogP contribution in [0.25, 0.3) is 11.1 Å². The highest BCUT2D eigenvalue weighted by Crippen LogP contribution is 2.49. The van der Waals surface area contributed by atoms with E-state index in [2.05, 4.69) is 5.32 Å². The van der Waals surface area contributed by atoms with Gasteiger partial charge in [0.15, 0.2) is 0 Å². The van der Waals surface area contributed by atoms with Crippen LogP contribution in [0.4, 0.5) is 4.39 Å². The molecule has 1 aromatic carbocycles. The molecular formula is C25H31FN4O4. The number of hydrogen-bond acceptors (Lipinski definition) is 5. The van der Waals surface area contributed by atoms with Crippen molar-refractivity contribution in [3.8, 4) is 11.1 Å². The maximum atomic E-state index is 13.7. The molecule has 3 heterocycles. The molecule has 4 rings (SSSR count). The van der Waals surface area contributed by atoms with Crippen molar-refractivity contribution in [2.75, 3.05) is 33.8 Å². The van der Waals surface area contributed by atoms with Gasteiger partial charge in [0.25, 0.3) is 5.56 Å². The molecule has 0 spiro atoms. The largest absolute Gasteiger partial charge is 0.396 e. The Bertz CT molecular complexity index is 1150. The minimum Gasteiger partial charge on any atom is -0.396 e. The number of benzene rings is 1. The average Bonchev–Trinajstić information content (AvgIpc) is 3.31. The number of aliphatic hydroxyl groups is 1. The Labute approximate surface area is 198 Å². The fourth-order valence-electron chi connectivity index (χ4n) is 5.44. The van der Waals surface area contributed by atoms with Gasteiger partial charge in [-0.2, -0.15) is 0 Å². The van der Waals surface area contributed by atoms with E-state index in [0.717, 1.165) is 13.0 Å². The molecule has 2 aromatic rings.